The molecule has 4 heteroatoms. The Morgan fingerprint density at radius 2 is 2.00 bits per heavy atom. The maximum absolute atomic E-state index is 5.25. The number of hydrogen-bond acceptors (Lipinski definition) is 4. The minimum atomic E-state index is 0.610. The monoisotopic (exact) mass is 293 g/mol. The molecule has 0 atom stereocenters. The molecule has 1 aromatic rings. The summed E-state index contributed by atoms with van der Waals surface area (Å²) in [5.74, 6) is 1.27. The van der Waals surface area contributed by atoms with Crippen molar-refractivity contribution in [2.45, 2.75) is 34.2 Å². The van der Waals surface area contributed by atoms with E-state index in [1.165, 1.54) is 11.3 Å². The lowest BCUT2D eigenvalue weighted by atomic mass is 10.1. The molecule has 0 aliphatic rings. The van der Waals surface area contributed by atoms with Crippen molar-refractivity contribution in [2.24, 2.45) is 11.8 Å². The molecule has 0 saturated heterocycles. The quantitative estimate of drug-likeness (QED) is 0.720. The van der Waals surface area contributed by atoms with Crippen LogP contribution in [0.1, 0.15) is 33.3 Å². The molecule has 0 aromatic carbocycles. The summed E-state index contributed by atoms with van der Waals surface area (Å²) in [5.41, 5.74) is 2.53. The average molecular weight is 293 g/mol. The highest BCUT2D eigenvalue weighted by molar-refractivity contribution is 5.51. The third-order valence-corrected chi connectivity index (χ3v) is 3.25. The number of nitrogens with one attached hydrogen (secondary N) is 1. The number of aromatic nitrogens is 1. The van der Waals surface area contributed by atoms with Crippen molar-refractivity contribution in [1.82, 2.24) is 10.3 Å². The Labute approximate surface area is 129 Å². The number of nitrogens with zero attached hydrogens (tertiary/aromatic N) is 2. The van der Waals surface area contributed by atoms with Gasteiger partial charge in [0.15, 0.2) is 0 Å². The first-order chi connectivity index (χ1) is 10.0. The zero-order chi connectivity index (χ0) is 15.7. The summed E-state index contributed by atoms with van der Waals surface area (Å²) in [5, 5.41) is 3.52. The van der Waals surface area contributed by atoms with Crippen molar-refractivity contribution in [2.75, 3.05) is 38.3 Å². The highest BCUT2D eigenvalue weighted by Crippen LogP contribution is 2.20. The molecule has 0 amide bonds. The number of anilines is 1. The lowest BCUT2D eigenvalue weighted by molar-refractivity contribution is 0.204. The second kappa shape index (κ2) is 9.74. The average Bonchev–Trinajstić information content (AvgIpc) is 2.43. The summed E-state index contributed by atoms with van der Waals surface area (Å²) < 4.78 is 5.25. The van der Waals surface area contributed by atoms with Crippen molar-refractivity contribution in [3.63, 3.8) is 0 Å². The Kier molecular flexibility index (Phi) is 8.31. The molecular formula is C17H31N3O. The van der Waals surface area contributed by atoms with Crippen LogP contribution in [-0.2, 0) is 11.3 Å². The maximum Gasteiger partial charge on any atom is 0.0637 e. The van der Waals surface area contributed by atoms with Gasteiger partial charge < -0.3 is 15.0 Å². The first kappa shape index (κ1) is 17.9. The summed E-state index contributed by atoms with van der Waals surface area (Å²) in [6.07, 6.45) is 3.85. The van der Waals surface area contributed by atoms with Gasteiger partial charge in [-0.2, -0.15) is 0 Å². The normalized spacial score (nSPS) is 11.4. The minimum absolute atomic E-state index is 0.610. The molecule has 1 aromatic heterocycles. The molecule has 0 fully saturated rings. The standard InChI is InChI=1S/C17H31N3O/c1-14(2)10-19-11-16-6-7-18-12-17(16)20(8-9-21-5)13-15(3)4/h6-7,12,14-15,19H,8-11,13H2,1-5H3. The molecule has 0 unspecified atom stereocenters. The van der Waals surface area contributed by atoms with Gasteiger partial charge >= 0.3 is 0 Å². The van der Waals surface area contributed by atoms with Crippen molar-refractivity contribution in [3.05, 3.63) is 24.0 Å². The lowest BCUT2D eigenvalue weighted by Crippen LogP contribution is -2.32. The molecule has 4 nitrogen and oxygen atoms in total. The number of rotatable bonds is 10. The topological polar surface area (TPSA) is 37.4 Å². The van der Waals surface area contributed by atoms with E-state index in [0.717, 1.165) is 32.8 Å². The van der Waals surface area contributed by atoms with Crippen molar-refractivity contribution in [3.8, 4) is 0 Å². The van der Waals surface area contributed by atoms with E-state index in [-0.39, 0.29) is 0 Å². The number of hydrogen-bond donors (Lipinski definition) is 1. The predicted molar refractivity (Wildman–Crippen MR) is 89.7 cm³/mol. The molecule has 1 heterocycles. The van der Waals surface area contributed by atoms with Crippen LogP contribution in [0.3, 0.4) is 0 Å². The fourth-order valence-electron chi connectivity index (χ4n) is 2.30. The predicted octanol–water partition coefficient (Wildman–Crippen LogP) is 2.94. The second-order valence-corrected chi connectivity index (χ2v) is 6.36. The highest BCUT2D eigenvalue weighted by atomic mass is 16.5. The zero-order valence-corrected chi connectivity index (χ0v) is 14.2. The molecular weight excluding hydrogens is 262 g/mol. The summed E-state index contributed by atoms with van der Waals surface area (Å²) in [7, 11) is 1.75. The van der Waals surface area contributed by atoms with Crippen molar-refractivity contribution >= 4 is 5.69 Å². The highest BCUT2D eigenvalue weighted by Gasteiger charge is 2.13. The fourth-order valence-corrected chi connectivity index (χ4v) is 2.30. The van der Waals surface area contributed by atoms with Crippen LogP contribution >= 0.6 is 0 Å². The van der Waals surface area contributed by atoms with Gasteiger partial charge in [-0.1, -0.05) is 27.7 Å². The van der Waals surface area contributed by atoms with Gasteiger partial charge in [-0.15, -0.1) is 0 Å². The van der Waals surface area contributed by atoms with Gasteiger partial charge in [0.2, 0.25) is 0 Å². The second-order valence-electron chi connectivity index (χ2n) is 6.36. The van der Waals surface area contributed by atoms with E-state index < -0.39 is 0 Å². The molecule has 0 bridgehead atoms. The Bertz CT molecular complexity index is 393. The molecule has 0 aliphatic carbocycles. The van der Waals surface area contributed by atoms with Gasteiger partial charge in [0.1, 0.15) is 0 Å². The van der Waals surface area contributed by atoms with Crippen LogP contribution in [0.5, 0.6) is 0 Å². The van der Waals surface area contributed by atoms with E-state index in [1.807, 2.05) is 12.4 Å². The Morgan fingerprint density at radius 1 is 1.24 bits per heavy atom. The third kappa shape index (κ3) is 6.91. The number of ether oxygens (including phenoxy) is 1. The van der Waals surface area contributed by atoms with Gasteiger partial charge in [0.05, 0.1) is 18.5 Å². The van der Waals surface area contributed by atoms with Gasteiger partial charge in [-0.05, 0) is 30.0 Å². The van der Waals surface area contributed by atoms with E-state index >= 15 is 0 Å². The molecule has 0 radical (unpaired) electrons. The molecule has 0 saturated carbocycles. The summed E-state index contributed by atoms with van der Waals surface area (Å²) in [4.78, 5) is 6.70. The first-order valence-electron chi connectivity index (χ1n) is 7.92. The number of pyridine rings is 1. The fraction of sp³-hybridized carbons (Fsp3) is 0.706. The van der Waals surface area contributed by atoms with E-state index in [2.05, 4.69) is 49.0 Å². The first-order valence-corrected chi connectivity index (χ1v) is 7.92. The third-order valence-electron chi connectivity index (χ3n) is 3.25. The van der Waals surface area contributed by atoms with Gasteiger partial charge in [-0.3, -0.25) is 4.98 Å². The van der Waals surface area contributed by atoms with Crippen LogP contribution in [0.2, 0.25) is 0 Å². The Hall–Kier alpha value is -1.13. The molecule has 0 aliphatic heterocycles. The zero-order valence-electron chi connectivity index (χ0n) is 14.2. The number of methoxy groups -OCH3 is 1. The Morgan fingerprint density at radius 3 is 2.62 bits per heavy atom. The van der Waals surface area contributed by atoms with E-state index in [9.17, 15) is 0 Å². The summed E-state index contributed by atoms with van der Waals surface area (Å²) in [6, 6.07) is 2.11. The SMILES string of the molecule is COCCN(CC(C)C)c1cnccc1CNCC(C)C. The summed E-state index contributed by atoms with van der Waals surface area (Å²) in [6.45, 7) is 13.5. The molecule has 1 N–H and O–H groups in total. The summed E-state index contributed by atoms with van der Waals surface area (Å²) >= 11 is 0. The van der Waals surface area contributed by atoms with Crippen LogP contribution in [0.25, 0.3) is 0 Å². The van der Waals surface area contributed by atoms with Crippen molar-refractivity contribution < 1.29 is 4.74 Å². The molecule has 120 valence electrons. The maximum atomic E-state index is 5.25. The Balaban J connectivity index is 2.80. The van der Waals surface area contributed by atoms with Crippen LogP contribution in [0, 0.1) is 11.8 Å². The largest absolute Gasteiger partial charge is 0.383 e. The van der Waals surface area contributed by atoms with Crippen LogP contribution in [-0.4, -0.2) is 38.3 Å². The van der Waals surface area contributed by atoms with Gasteiger partial charge in [-0.25, -0.2) is 0 Å². The van der Waals surface area contributed by atoms with E-state index in [4.69, 9.17) is 4.74 Å². The van der Waals surface area contributed by atoms with Crippen LogP contribution in [0.15, 0.2) is 18.5 Å². The lowest BCUT2D eigenvalue weighted by Gasteiger charge is -2.28. The van der Waals surface area contributed by atoms with Crippen LogP contribution in [0.4, 0.5) is 5.69 Å². The molecule has 21 heavy (non-hydrogen) atoms. The van der Waals surface area contributed by atoms with Crippen LogP contribution < -0.4 is 10.2 Å². The molecule has 0 spiro atoms. The van der Waals surface area contributed by atoms with E-state index in [1.54, 1.807) is 7.11 Å². The van der Waals surface area contributed by atoms with Gasteiger partial charge in [0, 0.05) is 32.9 Å². The van der Waals surface area contributed by atoms with E-state index in [0.29, 0.717) is 11.8 Å². The minimum Gasteiger partial charge on any atom is -0.383 e. The van der Waals surface area contributed by atoms with Crippen molar-refractivity contribution in [1.29, 1.82) is 0 Å². The van der Waals surface area contributed by atoms with Gasteiger partial charge in [0.25, 0.3) is 0 Å². The molecule has 1 rings (SSSR count). The smallest absolute Gasteiger partial charge is 0.0637 e.